The summed E-state index contributed by atoms with van der Waals surface area (Å²) >= 11 is 5.06. The molecule has 0 heterocycles. The Bertz CT molecular complexity index is 747. The highest BCUT2D eigenvalue weighted by Crippen LogP contribution is 2.22. The van der Waals surface area contributed by atoms with E-state index in [0.29, 0.717) is 11.3 Å². The summed E-state index contributed by atoms with van der Waals surface area (Å²) in [7, 11) is 0. The summed E-state index contributed by atoms with van der Waals surface area (Å²) in [4.78, 5) is 22.4. The van der Waals surface area contributed by atoms with E-state index in [1.54, 1.807) is 19.1 Å². The van der Waals surface area contributed by atoms with Crippen molar-refractivity contribution >= 4 is 34.6 Å². The Morgan fingerprint density at radius 1 is 1.22 bits per heavy atom. The lowest BCUT2D eigenvalue weighted by molar-refractivity contribution is -0.385. The number of carbonyl (C=O) groups excluding carboxylic acids is 1. The largest absolute Gasteiger partial charge is 0.332 e. The molecule has 0 saturated carbocycles. The number of nitro benzene ring substituents is 1. The van der Waals surface area contributed by atoms with E-state index >= 15 is 0 Å². The van der Waals surface area contributed by atoms with Gasteiger partial charge in [0.1, 0.15) is 0 Å². The van der Waals surface area contributed by atoms with Crippen LogP contribution in [0.3, 0.4) is 0 Å². The number of thiocarbonyl (C=S) groups is 1. The van der Waals surface area contributed by atoms with Gasteiger partial charge in [-0.1, -0.05) is 36.4 Å². The summed E-state index contributed by atoms with van der Waals surface area (Å²) in [5.41, 5.74) is 1.87. The molecule has 0 bridgehead atoms. The number of anilines is 1. The molecule has 2 aromatic carbocycles. The van der Waals surface area contributed by atoms with E-state index in [-0.39, 0.29) is 23.1 Å². The number of rotatable bonds is 4. The molecule has 6 nitrogen and oxygen atoms in total. The summed E-state index contributed by atoms with van der Waals surface area (Å²) in [6.45, 7) is 1.65. The Kier molecular flexibility index (Phi) is 5.37. The average molecular weight is 329 g/mol. The minimum atomic E-state index is -0.461. The highest BCUT2D eigenvalue weighted by molar-refractivity contribution is 7.80. The standard InChI is InChI=1S/C16H15N3O3S/c1-11-7-8-13(10-14(11)19(21)22)17-16(23)18-15(20)9-12-5-3-2-4-6-12/h2-8,10H,9H2,1H3,(H2,17,18,20,23). The van der Waals surface area contributed by atoms with Crippen molar-refractivity contribution in [3.63, 3.8) is 0 Å². The first-order valence-corrected chi connectivity index (χ1v) is 7.26. The van der Waals surface area contributed by atoms with Crippen molar-refractivity contribution in [3.05, 3.63) is 69.8 Å². The number of hydrogen-bond acceptors (Lipinski definition) is 4. The van der Waals surface area contributed by atoms with Gasteiger partial charge in [0, 0.05) is 17.3 Å². The Hall–Kier alpha value is -2.80. The first-order valence-electron chi connectivity index (χ1n) is 6.85. The quantitative estimate of drug-likeness (QED) is 0.512. The van der Waals surface area contributed by atoms with Crippen molar-refractivity contribution in [2.75, 3.05) is 5.32 Å². The maximum Gasteiger partial charge on any atom is 0.274 e. The van der Waals surface area contributed by atoms with E-state index in [4.69, 9.17) is 12.2 Å². The number of hydrogen-bond donors (Lipinski definition) is 2. The van der Waals surface area contributed by atoms with E-state index in [1.807, 2.05) is 30.3 Å². The molecule has 0 aromatic heterocycles. The normalized spacial score (nSPS) is 9.96. The van der Waals surface area contributed by atoms with Gasteiger partial charge in [0.2, 0.25) is 5.91 Å². The second-order valence-corrected chi connectivity index (χ2v) is 5.33. The van der Waals surface area contributed by atoms with Crippen LogP contribution < -0.4 is 10.6 Å². The summed E-state index contributed by atoms with van der Waals surface area (Å²) in [5, 5.41) is 16.3. The van der Waals surface area contributed by atoms with Gasteiger partial charge in [0.25, 0.3) is 5.69 Å². The molecule has 0 radical (unpaired) electrons. The van der Waals surface area contributed by atoms with Gasteiger partial charge in [-0.05, 0) is 30.8 Å². The maximum absolute atomic E-state index is 11.9. The van der Waals surface area contributed by atoms with Crippen LogP contribution in [0.2, 0.25) is 0 Å². The predicted octanol–water partition coefficient (Wildman–Crippen LogP) is 2.96. The molecule has 7 heteroatoms. The molecule has 0 unspecified atom stereocenters. The number of nitrogens with one attached hydrogen (secondary N) is 2. The fourth-order valence-electron chi connectivity index (χ4n) is 2.00. The molecule has 2 aromatic rings. The fourth-order valence-corrected chi connectivity index (χ4v) is 2.23. The first kappa shape index (κ1) is 16.6. The first-order chi connectivity index (χ1) is 11.0. The van der Waals surface area contributed by atoms with Gasteiger partial charge < -0.3 is 10.6 Å². The van der Waals surface area contributed by atoms with E-state index in [9.17, 15) is 14.9 Å². The van der Waals surface area contributed by atoms with E-state index in [1.165, 1.54) is 6.07 Å². The minimum absolute atomic E-state index is 0.00610. The van der Waals surface area contributed by atoms with Crippen LogP contribution in [0.4, 0.5) is 11.4 Å². The molecular weight excluding hydrogens is 314 g/mol. The fraction of sp³-hybridized carbons (Fsp3) is 0.125. The van der Waals surface area contributed by atoms with E-state index in [2.05, 4.69) is 10.6 Å². The highest BCUT2D eigenvalue weighted by Gasteiger charge is 2.12. The van der Waals surface area contributed by atoms with E-state index < -0.39 is 4.92 Å². The van der Waals surface area contributed by atoms with E-state index in [0.717, 1.165) is 5.56 Å². The van der Waals surface area contributed by atoms with Gasteiger partial charge in [-0.3, -0.25) is 14.9 Å². The molecule has 0 aliphatic heterocycles. The molecule has 0 fully saturated rings. The molecule has 1 amide bonds. The zero-order valence-corrected chi connectivity index (χ0v) is 13.2. The highest BCUT2D eigenvalue weighted by atomic mass is 32.1. The van der Waals surface area contributed by atoms with Gasteiger partial charge >= 0.3 is 0 Å². The molecule has 0 saturated heterocycles. The maximum atomic E-state index is 11.9. The van der Waals surface area contributed by atoms with Crippen LogP contribution in [0.1, 0.15) is 11.1 Å². The van der Waals surface area contributed by atoms with Crippen molar-refractivity contribution in [2.45, 2.75) is 13.3 Å². The van der Waals surface area contributed by atoms with Gasteiger partial charge in [0.05, 0.1) is 11.3 Å². The van der Waals surface area contributed by atoms with Crippen LogP contribution in [-0.2, 0) is 11.2 Å². The Balaban J connectivity index is 1.96. The zero-order valence-electron chi connectivity index (χ0n) is 12.4. The van der Waals surface area contributed by atoms with Crippen LogP contribution in [0, 0.1) is 17.0 Å². The third kappa shape index (κ3) is 4.86. The smallest absolute Gasteiger partial charge is 0.274 e. The van der Waals surface area contributed by atoms with Crippen molar-refractivity contribution in [1.29, 1.82) is 0 Å². The van der Waals surface area contributed by atoms with Crippen LogP contribution in [0.15, 0.2) is 48.5 Å². The van der Waals surface area contributed by atoms with Crippen molar-refractivity contribution in [1.82, 2.24) is 5.32 Å². The van der Waals surface area contributed by atoms with Gasteiger partial charge in [-0.25, -0.2) is 0 Å². The lowest BCUT2D eigenvalue weighted by Crippen LogP contribution is -2.35. The molecular formula is C16H15N3O3S. The SMILES string of the molecule is Cc1ccc(NC(=S)NC(=O)Cc2ccccc2)cc1[N+](=O)[O-]. The number of carbonyl (C=O) groups is 1. The molecule has 0 spiro atoms. The third-order valence-corrected chi connectivity index (χ3v) is 3.33. The number of nitrogens with zero attached hydrogens (tertiary/aromatic N) is 1. The average Bonchev–Trinajstić information content (AvgIpc) is 2.49. The van der Waals surface area contributed by atoms with Crippen molar-refractivity contribution < 1.29 is 9.72 Å². The van der Waals surface area contributed by atoms with Crippen LogP contribution in [0.25, 0.3) is 0 Å². The number of amides is 1. The Labute approximate surface area is 138 Å². The lowest BCUT2D eigenvalue weighted by Gasteiger charge is -2.10. The second-order valence-electron chi connectivity index (χ2n) is 4.92. The van der Waals surface area contributed by atoms with Crippen LogP contribution in [0.5, 0.6) is 0 Å². The monoisotopic (exact) mass is 329 g/mol. The molecule has 0 aliphatic rings. The van der Waals surface area contributed by atoms with Crippen molar-refractivity contribution in [3.8, 4) is 0 Å². The Morgan fingerprint density at radius 2 is 1.91 bits per heavy atom. The second kappa shape index (κ2) is 7.46. The molecule has 2 rings (SSSR count). The summed E-state index contributed by atoms with van der Waals surface area (Å²) in [6, 6.07) is 13.9. The van der Waals surface area contributed by atoms with Crippen molar-refractivity contribution in [2.24, 2.45) is 0 Å². The Morgan fingerprint density at radius 3 is 2.57 bits per heavy atom. The molecule has 2 N–H and O–H groups in total. The summed E-state index contributed by atoms with van der Waals surface area (Å²) in [5.74, 6) is -0.254. The topological polar surface area (TPSA) is 84.3 Å². The number of nitro groups is 1. The molecule has 23 heavy (non-hydrogen) atoms. The molecule has 0 atom stereocenters. The summed E-state index contributed by atoms with van der Waals surface area (Å²) in [6.07, 6.45) is 0.205. The zero-order chi connectivity index (χ0) is 16.8. The number of aryl methyl sites for hydroxylation is 1. The minimum Gasteiger partial charge on any atom is -0.332 e. The molecule has 118 valence electrons. The summed E-state index contributed by atoms with van der Waals surface area (Å²) < 4.78 is 0. The molecule has 0 aliphatic carbocycles. The van der Waals surface area contributed by atoms with Crippen LogP contribution >= 0.6 is 12.2 Å². The van der Waals surface area contributed by atoms with Gasteiger partial charge in [-0.2, -0.15) is 0 Å². The van der Waals surface area contributed by atoms with Crippen LogP contribution in [-0.4, -0.2) is 15.9 Å². The predicted molar refractivity (Wildman–Crippen MR) is 92.3 cm³/mol. The third-order valence-electron chi connectivity index (χ3n) is 3.12. The van der Waals surface area contributed by atoms with Gasteiger partial charge in [0.15, 0.2) is 5.11 Å². The lowest BCUT2D eigenvalue weighted by atomic mass is 10.1. The van der Waals surface area contributed by atoms with Gasteiger partial charge in [-0.15, -0.1) is 0 Å². The number of benzene rings is 2.